The van der Waals surface area contributed by atoms with E-state index < -0.39 is 0 Å². The number of anilines is 1. The van der Waals surface area contributed by atoms with Crippen LogP contribution in [0, 0.1) is 11.3 Å². The van der Waals surface area contributed by atoms with Crippen LogP contribution in [0.1, 0.15) is 18.1 Å². The Morgan fingerprint density at radius 2 is 2.16 bits per heavy atom. The van der Waals surface area contributed by atoms with Gasteiger partial charge in [0.25, 0.3) is 0 Å². The first-order valence-corrected chi connectivity index (χ1v) is 9.48. The fourth-order valence-electron chi connectivity index (χ4n) is 2.13. The van der Waals surface area contributed by atoms with Crippen LogP contribution in [0.25, 0.3) is 11.4 Å². The highest BCUT2D eigenvalue weighted by Crippen LogP contribution is 2.23. The first-order valence-electron chi connectivity index (χ1n) is 7.61. The zero-order valence-corrected chi connectivity index (χ0v) is 15.1. The molecule has 0 saturated heterocycles. The van der Waals surface area contributed by atoms with E-state index in [0.29, 0.717) is 21.5 Å². The second-order valence-corrected chi connectivity index (χ2v) is 6.99. The second kappa shape index (κ2) is 7.96. The molecule has 0 bridgehead atoms. The normalized spacial score (nSPS) is 10.4. The summed E-state index contributed by atoms with van der Waals surface area (Å²) in [4.78, 5) is 16.4. The molecule has 1 aromatic carbocycles. The molecular formula is C17H15N5OS2. The van der Waals surface area contributed by atoms with Gasteiger partial charge in [0.15, 0.2) is 5.82 Å². The molecule has 2 N–H and O–H groups in total. The maximum absolute atomic E-state index is 12.0. The molecule has 0 spiro atoms. The van der Waals surface area contributed by atoms with Crippen LogP contribution in [0.5, 0.6) is 0 Å². The lowest BCUT2D eigenvalue weighted by Crippen LogP contribution is -2.13. The van der Waals surface area contributed by atoms with Crippen molar-refractivity contribution in [3.63, 3.8) is 0 Å². The van der Waals surface area contributed by atoms with Crippen LogP contribution in [-0.4, -0.2) is 26.8 Å². The number of aryl methyl sites for hydroxylation is 1. The molecule has 0 atom stereocenters. The predicted molar refractivity (Wildman–Crippen MR) is 99.6 cm³/mol. The van der Waals surface area contributed by atoms with Crippen molar-refractivity contribution >= 4 is 34.0 Å². The Kier molecular flexibility index (Phi) is 5.48. The quantitative estimate of drug-likeness (QED) is 0.646. The lowest BCUT2D eigenvalue weighted by molar-refractivity contribution is -0.113. The molecule has 0 fully saturated rings. The molecule has 0 aliphatic rings. The lowest BCUT2D eigenvalue weighted by Gasteiger charge is -2.01. The van der Waals surface area contributed by atoms with Gasteiger partial charge in [-0.3, -0.25) is 9.89 Å². The van der Waals surface area contributed by atoms with E-state index in [0.717, 1.165) is 12.0 Å². The van der Waals surface area contributed by atoms with Gasteiger partial charge in [0, 0.05) is 5.56 Å². The van der Waals surface area contributed by atoms with Crippen molar-refractivity contribution in [2.24, 2.45) is 0 Å². The van der Waals surface area contributed by atoms with Gasteiger partial charge in [-0.15, -0.1) is 16.4 Å². The van der Waals surface area contributed by atoms with Crippen molar-refractivity contribution in [2.75, 3.05) is 11.1 Å². The Labute approximate surface area is 153 Å². The Balaban J connectivity index is 1.58. The third-order valence-electron chi connectivity index (χ3n) is 3.47. The van der Waals surface area contributed by atoms with Gasteiger partial charge in [0.05, 0.1) is 11.3 Å². The van der Waals surface area contributed by atoms with Crippen LogP contribution < -0.4 is 5.32 Å². The molecule has 3 aromatic rings. The summed E-state index contributed by atoms with van der Waals surface area (Å²) in [6.45, 7) is 2.11. The zero-order valence-electron chi connectivity index (χ0n) is 13.4. The van der Waals surface area contributed by atoms with E-state index >= 15 is 0 Å². The zero-order chi connectivity index (χ0) is 17.6. The fourth-order valence-corrected chi connectivity index (χ4v) is 3.48. The molecule has 0 aliphatic carbocycles. The molecule has 0 radical (unpaired) electrons. The number of thiophene rings is 1. The average Bonchev–Trinajstić information content (AvgIpc) is 3.29. The van der Waals surface area contributed by atoms with Gasteiger partial charge >= 0.3 is 0 Å². The largest absolute Gasteiger partial charge is 0.316 e. The third kappa shape index (κ3) is 4.26. The van der Waals surface area contributed by atoms with Gasteiger partial charge in [0.2, 0.25) is 11.1 Å². The highest BCUT2D eigenvalue weighted by molar-refractivity contribution is 7.99. The van der Waals surface area contributed by atoms with Crippen LogP contribution in [0.15, 0.2) is 40.9 Å². The smallest absolute Gasteiger partial charge is 0.235 e. The van der Waals surface area contributed by atoms with Crippen molar-refractivity contribution in [3.8, 4) is 17.5 Å². The van der Waals surface area contributed by atoms with Crippen LogP contribution in [-0.2, 0) is 11.2 Å². The van der Waals surface area contributed by atoms with Crippen molar-refractivity contribution in [3.05, 3.63) is 46.8 Å². The maximum atomic E-state index is 12.0. The molecule has 25 heavy (non-hydrogen) atoms. The topological polar surface area (TPSA) is 94.5 Å². The average molecular weight is 369 g/mol. The lowest BCUT2D eigenvalue weighted by atomic mass is 10.1. The Morgan fingerprint density at radius 1 is 1.36 bits per heavy atom. The van der Waals surface area contributed by atoms with Crippen LogP contribution in [0.2, 0.25) is 0 Å². The Bertz CT molecular complexity index is 908. The van der Waals surface area contributed by atoms with E-state index in [9.17, 15) is 4.79 Å². The number of hydrogen-bond donors (Lipinski definition) is 2. The number of H-pyrrole nitrogens is 1. The van der Waals surface area contributed by atoms with Gasteiger partial charge in [0.1, 0.15) is 11.1 Å². The number of aromatic amines is 1. The first kappa shape index (κ1) is 17.2. The highest BCUT2D eigenvalue weighted by Gasteiger charge is 2.11. The molecule has 0 unspecified atom stereocenters. The van der Waals surface area contributed by atoms with Gasteiger partial charge in [-0.05, 0) is 23.4 Å². The summed E-state index contributed by atoms with van der Waals surface area (Å²) in [5.41, 5.74) is 2.69. The summed E-state index contributed by atoms with van der Waals surface area (Å²) in [7, 11) is 0. The van der Waals surface area contributed by atoms with Gasteiger partial charge in [-0.2, -0.15) is 5.26 Å². The standard InChI is InChI=1S/C17H15N5OS2/c1-2-11-3-5-12(6-4-11)15-20-17(22-21-15)25-10-14(23)19-16-13(9-18)7-8-24-16/h3-8H,2,10H2,1H3,(H,19,23)(H,20,21,22). The summed E-state index contributed by atoms with van der Waals surface area (Å²) >= 11 is 2.57. The molecule has 6 nitrogen and oxygen atoms in total. The molecule has 2 aromatic heterocycles. The number of benzene rings is 1. The number of rotatable bonds is 6. The number of carbonyl (C=O) groups excluding carboxylic acids is 1. The minimum atomic E-state index is -0.192. The molecule has 1 amide bonds. The van der Waals surface area contributed by atoms with E-state index in [2.05, 4.69) is 39.6 Å². The summed E-state index contributed by atoms with van der Waals surface area (Å²) < 4.78 is 0. The number of nitriles is 1. The minimum absolute atomic E-state index is 0.175. The number of nitrogens with zero attached hydrogens (tertiary/aromatic N) is 3. The molecule has 2 heterocycles. The number of aromatic nitrogens is 3. The minimum Gasteiger partial charge on any atom is -0.316 e. The molecule has 3 rings (SSSR count). The number of nitrogens with one attached hydrogen (secondary N) is 2. The van der Waals surface area contributed by atoms with E-state index in [1.807, 2.05) is 18.2 Å². The SMILES string of the molecule is CCc1ccc(-c2nc(SCC(=O)Nc3sccc3C#N)n[nH]2)cc1. The number of carbonyl (C=O) groups is 1. The number of amides is 1. The van der Waals surface area contributed by atoms with E-state index in [4.69, 9.17) is 5.26 Å². The Morgan fingerprint density at radius 3 is 2.88 bits per heavy atom. The monoisotopic (exact) mass is 369 g/mol. The molecule has 0 saturated carbocycles. The summed E-state index contributed by atoms with van der Waals surface area (Å²) in [5.74, 6) is 0.660. The summed E-state index contributed by atoms with van der Waals surface area (Å²) in [6.07, 6.45) is 0.991. The van der Waals surface area contributed by atoms with E-state index in [-0.39, 0.29) is 11.7 Å². The van der Waals surface area contributed by atoms with Gasteiger partial charge < -0.3 is 5.32 Å². The predicted octanol–water partition coefficient (Wildman–Crippen LogP) is 3.70. The van der Waals surface area contributed by atoms with Crippen LogP contribution >= 0.6 is 23.1 Å². The van der Waals surface area contributed by atoms with Gasteiger partial charge in [-0.25, -0.2) is 4.98 Å². The summed E-state index contributed by atoms with van der Waals surface area (Å²) in [5, 5.41) is 21.6. The van der Waals surface area contributed by atoms with Crippen molar-refractivity contribution in [2.45, 2.75) is 18.5 Å². The van der Waals surface area contributed by atoms with Crippen LogP contribution in [0.3, 0.4) is 0 Å². The van der Waals surface area contributed by atoms with Crippen molar-refractivity contribution in [1.82, 2.24) is 15.2 Å². The Hall–Kier alpha value is -2.63. The van der Waals surface area contributed by atoms with Crippen LogP contribution in [0.4, 0.5) is 5.00 Å². The highest BCUT2D eigenvalue weighted by atomic mass is 32.2. The number of thioether (sulfide) groups is 1. The fraction of sp³-hybridized carbons (Fsp3) is 0.176. The first-order chi connectivity index (χ1) is 12.2. The maximum Gasteiger partial charge on any atom is 0.235 e. The van der Waals surface area contributed by atoms with E-state index in [1.165, 1.54) is 28.7 Å². The molecule has 8 heteroatoms. The number of hydrogen-bond acceptors (Lipinski definition) is 6. The van der Waals surface area contributed by atoms with Gasteiger partial charge in [-0.1, -0.05) is 43.0 Å². The summed E-state index contributed by atoms with van der Waals surface area (Å²) in [6, 6.07) is 11.8. The molecular weight excluding hydrogens is 354 g/mol. The van der Waals surface area contributed by atoms with Crippen molar-refractivity contribution in [1.29, 1.82) is 5.26 Å². The second-order valence-electron chi connectivity index (χ2n) is 5.13. The third-order valence-corrected chi connectivity index (χ3v) is 5.15. The molecule has 126 valence electrons. The molecule has 0 aliphatic heterocycles. The van der Waals surface area contributed by atoms with Crippen molar-refractivity contribution < 1.29 is 4.79 Å². The van der Waals surface area contributed by atoms with E-state index in [1.54, 1.807) is 11.4 Å².